The molecule has 0 amide bonds. The molecule has 0 aliphatic heterocycles. The first kappa shape index (κ1) is 11.7. The van der Waals surface area contributed by atoms with Crippen LogP contribution in [-0.4, -0.2) is 16.3 Å². The smallest absolute Gasteiger partial charge is 0.343 e. The van der Waals surface area contributed by atoms with Crippen molar-refractivity contribution in [3.05, 3.63) is 39.9 Å². The highest BCUT2D eigenvalue weighted by molar-refractivity contribution is 5.86. The quantitative estimate of drug-likeness (QED) is 0.830. The van der Waals surface area contributed by atoms with E-state index in [0.29, 0.717) is 17.6 Å². The summed E-state index contributed by atoms with van der Waals surface area (Å²) >= 11 is 0. The van der Waals surface area contributed by atoms with Gasteiger partial charge in [-0.1, -0.05) is 0 Å². The number of phenolic OH excluding ortho intramolecular Hbond substituents is 1. The monoisotopic (exact) mass is 234 g/mol. The Kier molecular flexibility index (Phi) is 2.90. The Bertz CT molecular complexity index is 611. The minimum Gasteiger partial charge on any atom is -0.508 e. The number of rotatable bonds is 2. The van der Waals surface area contributed by atoms with E-state index in [1.807, 2.05) is 6.92 Å². The van der Waals surface area contributed by atoms with E-state index >= 15 is 0 Å². The minimum atomic E-state index is -0.562. The van der Waals surface area contributed by atoms with Gasteiger partial charge in [-0.25, -0.2) is 4.79 Å². The number of aliphatic hydroxyl groups excluding tert-OH is 1. The van der Waals surface area contributed by atoms with E-state index in [-0.39, 0.29) is 5.75 Å². The SMILES string of the molecule is Cc1cc(O)cc2c(=O)oc(C[C@@H](C)O)cc12. The average molecular weight is 234 g/mol. The Morgan fingerprint density at radius 3 is 2.65 bits per heavy atom. The molecule has 90 valence electrons. The summed E-state index contributed by atoms with van der Waals surface area (Å²) in [5, 5.41) is 19.8. The van der Waals surface area contributed by atoms with Gasteiger partial charge in [0.2, 0.25) is 0 Å². The molecule has 0 fully saturated rings. The van der Waals surface area contributed by atoms with E-state index in [0.717, 1.165) is 10.9 Å². The second-order valence-electron chi connectivity index (χ2n) is 4.28. The molecular formula is C13H14O4. The summed E-state index contributed by atoms with van der Waals surface area (Å²) in [5.41, 5.74) is 0.317. The summed E-state index contributed by atoms with van der Waals surface area (Å²) in [6.45, 7) is 3.45. The van der Waals surface area contributed by atoms with Crippen molar-refractivity contribution in [2.45, 2.75) is 26.4 Å². The molecule has 0 unspecified atom stereocenters. The molecule has 1 atom stereocenters. The van der Waals surface area contributed by atoms with E-state index in [1.165, 1.54) is 6.07 Å². The molecule has 1 aromatic carbocycles. The van der Waals surface area contributed by atoms with Gasteiger partial charge in [0.05, 0.1) is 11.5 Å². The maximum atomic E-state index is 11.7. The number of aromatic hydroxyl groups is 1. The third kappa shape index (κ3) is 2.31. The van der Waals surface area contributed by atoms with Gasteiger partial charge in [-0.2, -0.15) is 0 Å². The Morgan fingerprint density at radius 1 is 1.29 bits per heavy atom. The van der Waals surface area contributed by atoms with Crippen LogP contribution >= 0.6 is 0 Å². The summed E-state index contributed by atoms with van der Waals surface area (Å²) in [5.74, 6) is 0.497. The first-order chi connectivity index (χ1) is 7.97. The third-order valence-electron chi connectivity index (χ3n) is 2.62. The van der Waals surface area contributed by atoms with Gasteiger partial charge in [-0.3, -0.25) is 0 Å². The molecule has 2 N–H and O–H groups in total. The zero-order valence-electron chi connectivity index (χ0n) is 9.73. The minimum absolute atomic E-state index is 0.0468. The van der Waals surface area contributed by atoms with Crippen LogP contribution in [0.25, 0.3) is 10.8 Å². The van der Waals surface area contributed by atoms with Crippen molar-refractivity contribution in [2.75, 3.05) is 0 Å². The van der Waals surface area contributed by atoms with Crippen LogP contribution in [0.5, 0.6) is 5.75 Å². The molecule has 1 aromatic heterocycles. The van der Waals surface area contributed by atoms with Gasteiger partial charge in [-0.05, 0) is 43.0 Å². The normalized spacial score (nSPS) is 12.9. The highest BCUT2D eigenvalue weighted by Gasteiger charge is 2.09. The Balaban J connectivity index is 2.69. The molecule has 0 saturated carbocycles. The molecule has 0 spiro atoms. The predicted molar refractivity (Wildman–Crippen MR) is 64.3 cm³/mol. The second-order valence-corrected chi connectivity index (χ2v) is 4.28. The number of fused-ring (bicyclic) bond motifs is 1. The van der Waals surface area contributed by atoms with Crippen molar-refractivity contribution in [3.63, 3.8) is 0 Å². The van der Waals surface area contributed by atoms with E-state index in [4.69, 9.17) is 4.42 Å². The lowest BCUT2D eigenvalue weighted by Gasteiger charge is -2.06. The first-order valence-corrected chi connectivity index (χ1v) is 5.42. The Labute approximate surface area is 98.1 Å². The number of aryl methyl sites for hydroxylation is 1. The van der Waals surface area contributed by atoms with Crippen LogP contribution < -0.4 is 5.63 Å². The largest absolute Gasteiger partial charge is 0.508 e. The standard InChI is InChI=1S/C13H14O4/c1-7-3-9(15)5-12-11(7)6-10(4-8(2)14)17-13(12)16/h3,5-6,8,14-15H,4H2,1-2H3/t8-/m1/s1. The van der Waals surface area contributed by atoms with Crippen LogP contribution in [-0.2, 0) is 6.42 Å². The summed E-state index contributed by atoms with van der Waals surface area (Å²) < 4.78 is 5.08. The number of benzene rings is 1. The van der Waals surface area contributed by atoms with Crippen molar-refractivity contribution in [2.24, 2.45) is 0 Å². The van der Waals surface area contributed by atoms with Crippen LogP contribution in [0.1, 0.15) is 18.2 Å². The maximum Gasteiger partial charge on any atom is 0.343 e. The number of phenols is 1. The number of hydrogen-bond acceptors (Lipinski definition) is 4. The summed E-state index contributed by atoms with van der Waals surface area (Å²) in [4.78, 5) is 11.7. The lowest BCUT2D eigenvalue weighted by molar-refractivity contribution is 0.186. The van der Waals surface area contributed by atoms with Gasteiger partial charge in [0.1, 0.15) is 11.5 Å². The molecule has 4 nitrogen and oxygen atoms in total. The second kappa shape index (κ2) is 4.22. The summed E-state index contributed by atoms with van der Waals surface area (Å²) in [6, 6.07) is 4.71. The van der Waals surface area contributed by atoms with Crippen LogP contribution in [0.4, 0.5) is 0 Å². The topological polar surface area (TPSA) is 70.7 Å². The van der Waals surface area contributed by atoms with Gasteiger partial charge in [0.25, 0.3) is 0 Å². The molecule has 0 aliphatic carbocycles. The molecule has 0 aliphatic rings. The molecule has 0 radical (unpaired) electrons. The van der Waals surface area contributed by atoms with Crippen LogP contribution in [0.15, 0.2) is 27.4 Å². The first-order valence-electron chi connectivity index (χ1n) is 5.42. The summed E-state index contributed by atoms with van der Waals surface area (Å²) in [7, 11) is 0. The highest BCUT2D eigenvalue weighted by atomic mass is 16.4. The van der Waals surface area contributed by atoms with Gasteiger partial charge < -0.3 is 14.6 Å². The molecule has 2 aromatic rings. The van der Waals surface area contributed by atoms with E-state index in [9.17, 15) is 15.0 Å². The molecule has 0 saturated heterocycles. The average Bonchev–Trinajstić information content (AvgIpc) is 2.19. The zero-order chi connectivity index (χ0) is 12.6. The van der Waals surface area contributed by atoms with Crippen LogP contribution in [0, 0.1) is 6.92 Å². The zero-order valence-corrected chi connectivity index (χ0v) is 9.73. The lowest BCUT2D eigenvalue weighted by atomic mass is 10.1. The van der Waals surface area contributed by atoms with Crippen molar-refractivity contribution < 1.29 is 14.6 Å². The van der Waals surface area contributed by atoms with Gasteiger partial charge >= 0.3 is 5.63 Å². The molecule has 2 rings (SSSR count). The van der Waals surface area contributed by atoms with E-state index < -0.39 is 11.7 Å². The van der Waals surface area contributed by atoms with E-state index in [1.54, 1.807) is 19.1 Å². The van der Waals surface area contributed by atoms with Gasteiger partial charge in [-0.15, -0.1) is 0 Å². The highest BCUT2D eigenvalue weighted by Crippen LogP contribution is 2.23. The van der Waals surface area contributed by atoms with Crippen molar-refractivity contribution in [3.8, 4) is 5.75 Å². The van der Waals surface area contributed by atoms with E-state index in [2.05, 4.69) is 0 Å². The van der Waals surface area contributed by atoms with Gasteiger partial charge in [0, 0.05) is 6.42 Å². The predicted octanol–water partition coefficient (Wildman–Crippen LogP) is 1.73. The molecular weight excluding hydrogens is 220 g/mol. The Hall–Kier alpha value is -1.81. The molecule has 17 heavy (non-hydrogen) atoms. The fraction of sp³-hybridized carbons (Fsp3) is 0.308. The van der Waals surface area contributed by atoms with Gasteiger partial charge in [0.15, 0.2) is 0 Å². The lowest BCUT2D eigenvalue weighted by Crippen LogP contribution is -2.09. The number of hydrogen-bond donors (Lipinski definition) is 2. The molecule has 1 heterocycles. The van der Waals surface area contributed by atoms with Crippen LogP contribution in [0.3, 0.4) is 0 Å². The Morgan fingerprint density at radius 2 is 2.00 bits per heavy atom. The number of aliphatic hydroxyl groups is 1. The summed E-state index contributed by atoms with van der Waals surface area (Å²) in [6.07, 6.45) is -0.265. The van der Waals surface area contributed by atoms with Crippen molar-refractivity contribution in [1.82, 2.24) is 0 Å². The fourth-order valence-electron chi connectivity index (χ4n) is 1.90. The van der Waals surface area contributed by atoms with Crippen LogP contribution in [0.2, 0.25) is 0 Å². The molecule has 4 heteroatoms. The van der Waals surface area contributed by atoms with Crippen molar-refractivity contribution >= 4 is 10.8 Å². The molecule has 0 bridgehead atoms. The fourth-order valence-corrected chi connectivity index (χ4v) is 1.90. The van der Waals surface area contributed by atoms with Crippen molar-refractivity contribution in [1.29, 1.82) is 0 Å². The maximum absolute atomic E-state index is 11.7. The third-order valence-corrected chi connectivity index (χ3v) is 2.62.